The lowest BCUT2D eigenvalue weighted by Gasteiger charge is -2.10. The van der Waals surface area contributed by atoms with Crippen LogP contribution in [-0.2, 0) is 20.2 Å². The first-order valence-electron chi connectivity index (χ1n) is 11.0. The molecule has 0 fully saturated rings. The fraction of sp³-hybridized carbons (Fsp3) is 0. The average Bonchev–Trinajstić information content (AvgIpc) is 2.87. The third-order valence-electron chi connectivity index (χ3n) is 5.59. The highest BCUT2D eigenvalue weighted by atomic mass is 35.5. The smallest absolute Gasteiger partial charge is 0.282 e. The van der Waals surface area contributed by atoms with Crippen molar-refractivity contribution in [1.29, 1.82) is 0 Å². The van der Waals surface area contributed by atoms with Crippen molar-refractivity contribution in [2.45, 2.75) is 9.79 Å². The van der Waals surface area contributed by atoms with Gasteiger partial charge in [0.2, 0.25) is 0 Å². The Kier molecular flexibility index (Phi) is 8.22. The molecule has 0 aromatic heterocycles. The van der Waals surface area contributed by atoms with Crippen LogP contribution in [0.4, 0.5) is 0 Å². The maximum atomic E-state index is 11.6. The molecule has 0 aliphatic heterocycles. The van der Waals surface area contributed by atoms with Gasteiger partial charge in [0.1, 0.15) is 9.79 Å². The first-order valence-corrected chi connectivity index (χ1v) is 14.7. The molecule has 10 heteroatoms. The summed E-state index contributed by atoms with van der Waals surface area (Å²) >= 11 is 11.8. The summed E-state index contributed by atoms with van der Waals surface area (Å²) in [4.78, 5) is -0.742. The highest BCUT2D eigenvalue weighted by Crippen LogP contribution is 2.31. The summed E-state index contributed by atoms with van der Waals surface area (Å²) in [6.07, 6.45) is 7.08. The van der Waals surface area contributed by atoms with Crippen LogP contribution in [0.5, 0.6) is 0 Å². The van der Waals surface area contributed by atoms with Crippen LogP contribution < -0.4 is 0 Å². The number of benzene rings is 4. The van der Waals surface area contributed by atoms with Gasteiger partial charge in [-0.15, -0.1) is 0 Å². The molecule has 6 nitrogen and oxygen atoms in total. The molecular weight excluding hydrogens is 567 g/mol. The average molecular weight is 588 g/mol. The van der Waals surface area contributed by atoms with Crippen LogP contribution in [0.25, 0.3) is 35.4 Å². The SMILES string of the molecule is O=S(=O)(O)c1cc(C=Cc2ccccc2-c2ccccc2C=Cc2ccc(Cl)c(S(=O)(=O)O)c2)ccc1Cl. The molecule has 0 amide bonds. The molecule has 38 heavy (non-hydrogen) atoms. The van der Waals surface area contributed by atoms with Crippen molar-refractivity contribution in [3.63, 3.8) is 0 Å². The van der Waals surface area contributed by atoms with E-state index in [0.717, 1.165) is 22.3 Å². The predicted molar refractivity (Wildman–Crippen MR) is 152 cm³/mol. The lowest BCUT2D eigenvalue weighted by atomic mass is 9.94. The quantitative estimate of drug-likeness (QED) is 0.171. The van der Waals surface area contributed by atoms with Crippen LogP contribution in [0, 0.1) is 0 Å². The first-order chi connectivity index (χ1) is 17.9. The molecule has 0 radical (unpaired) electrons. The second-order valence-corrected chi connectivity index (χ2v) is 11.8. The van der Waals surface area contributed by atoms with Crippen LogP contribution in [0.2, 0.25) is 10.0 Å². The highest BCUT2D eigenvalue weighted by molar-refractivity contribution is 7.86. The Morgan fingerprint density at radius 1 is 0.526 bits per heavy atom. The van der Waals surface area contributed by atoms with Gasteiger partial charge in [-0.2, -0.15) is 16.8 Å². The molecule has 4 aromatic carbocycles. The van der Waals surface area contributed by atoms with Crippen molar-refractivity contribution in [2.24, 2.45) is 0 Å². The van der Waals surface area contributed by atoms with Crippen molar-refractivity contribution in [3.8, 4) is 11.1 Å². The third-order valence-corrected chi connectivity index (χ3v) is 8.26. The summed E-state index contributed by atoms with van der Waals surface area (Å²) in [7, 11) is -8.93. The van der Waals surface area contributed by atoms with Crippen molar-refractivity contribution in [1.82, 2.24) is 0 Å². The van der Waals surface area contributed by atoms with E-state index in [2.05, 4.69) is 0 Å². The van der Waals surface area contributed by atoms with Crippen molar-refractivity contribution < 1.29 is 25.9 Å². The topological polar surface area (TPSA) is 109 Å². The lowest BCUT2D eigenvalue weighted by Crippen LogP contribution is -1.99. The summed E-state index contributed by atoms with van der Waals surface area (Å²) in [5.74, 6) is 0. The van der Waals surface area contributed by atoms with Gasteiger partial charge in [-0.05, 0) is 57.6 Å². The van der Waals surface area contributed by atoms with E-state index in [1.165, 1.54) is 24.3 Å². The molecule has 0 saturated carbocycles. The summed E-state index contributed by atoms with van der Waals surface area (Å²) in [5, 5.41) is -0.148. The standard InChI is InChI=1S/C28H20Cl2O6S2/c29-25-15-11-19(17-27(25)37(31,32)33)9-13-21-5-1-3-7-23(21)24-8-4-2-6-22(24)14-10-20-12-16-26(30)28(18-20)38(34,35)36/h1-18H,(H,31,32,33)(H,34,35,36). The Morgan fingerprint density at radius 2 is 0.895 bits per heavy atom. The minimum Gasteiger partial charge on any atom is -0.282 e. The van der Waals surface area contributed by atoms with Crippen LogP contribution in [0.3, 0.4) is 0 Å². The van der Waals surface area contributed by atoms with E-state index in [1.807, 2.05) is 60.7 Å². The number of hydrogen-bond acceptors (Lipinski definition) is 4. The molecule has 0 unspecified atom stereocenters. The van der Waals surface area contributed by atoms with E-state index in [1.54, 1.807) is 24.3 Å². The molecule has 2 N–H and O–H groups in total. The lowest BCUT2D eigenvalue weighted by molar-refractivity contribution is 0.481. The maximum absolute atomic E-state index is 11.6. The monoisotopic (exact) mass is 586 g/mol. The number of hydrogen-bond donors (Lipinski definition) is 2. The van der Waals surface area contributed by atoms with Crippen LogP contribution in [-0.4, -0.2) is 25.9 Å². The Morgan fingerprint density at radius 3 is 1.26 bits per heavy atom. The van der Waals surface area contributed by atoms with E-state index in [4.69, 9.17) is 23.2 Å². The zero-order valence-corrected chi connectivity index (χ0v) is 22.6. The molecule has 0 atom stereocenters. The summed E-state index contributed by atoms with van der Waals surface area (Å²) in [5.41, 5.74) is 4.53. The summed E-state index contributed by atoms with van der Waals surface area (Å²) < 4.78 is 65.2. The molecule has 4 aromatic rings. The maximum Gasteiger partial charge on any atom is 0.296 e. The van der Waals surface area contributed by atoms with Crippen LogP contribution >= 0.6 is 23.2 Å². The second-order valence-electron chi connectivity index (χ2n) is 8.17. The van der Waals surface area contributed by atoms with E-state index in [0.29, 0.717) is 11.1 Å². The fourth-order valence-electron chi connectivity index (χ4n) is 3.79. The van der Waals surface area contributed by atoms with Gasteiger partial charge in [-0.1, -0.05) is 108 Å². The largest absolute Gasteiger partial charge is 0.296 e. The summed E-state index contributed by atoms with van der Waals surface area (Å²) in [6, 6.07) is 23.9. The van der Waals surface area contributed by atoms with Gasteiger partial charge in [0.15, 0.2) is 0 Å². The Hall–Kier alpha value is -3.24. The zero-order valence-electron chi connectivity index (χ0n) is 19.5. The van der Waals surface area contributed by atoms with E-state index in [9.17, 15) is 25.9 Å². The fourth-order valence-corrected chi connectivity index (χ4v) is 5.81. The van der Waals surface area contributed by atoms with Crippen LogP contribution in [0.1, 0.15) is 22.3 Å². The molecule has 0 heterocycles. The number of rotatable bonds is 7. The molecular formula is C28H20Cl2O6S2. The molecule has 0 aliphatic rings. The van der Waals surface area contributed by atoms with E-state index < -0.39 is 20.2 Å². The van der Waals surface area contributed by atoms with E-state index in [-0.39, 0.29) is 19.8 Å². The molecule has 0 spiro atoms. The van der Waals surface area contributed by atoms with Gasteiger partial charge in [0.05, 0.1) is 10.0 Å². The summed E-state index contributed by atoms with van der Waals surface area (Å²) in [6.45, 7) is 0. The Bertz CT molecular complexity index is 1660. The van der Waals surface area contributed by atoms with Gasteiger partial charge in [-0.25, -0.2) is 0 Å². The molecule has 0 saturated heterocycles. The molecule has 4 rings (SSSR count). The van der Waals surface area contributed by atoms with Crippen molar-refractivity contribution in [2.75, 3.05) is 0 Å². The Balaban J connectivity index is 1.71. The number of halogens is 2. The van der Waals surface area contributed by atoms with Gasteiger partial charge in [0.25, 0.3) is 20.2 Å². The molecule has 0 bridgehead atoms. The van der Waals surface area contributed by atoms with Crippen LogP contribution in [0.15, 0.2) is 94.7 Å². The van der Waals surface area contributed by atoms with Gasteiger partial charge < -0.3 is 0 Å². The molecule has 0 aliphatic carbocycles. The minimum absolute atomic E-state index is 0.0739. The minimum atomic E-state index is -4.47. The predicted octanol–water partition coefficient (Wildman–Crippen LogP) is 7.49. The second kappa shape index (κ2) is 11.2. The van der Waals surface area contributed by atoms with Crippen molar-refractivity contribution in [3.05, 3.63) is 117 Å². The Labute approximate surface area is 231 Å². The van der Waals surface area contributed by atoms with Crippen molar-refractivity contribution >= 4 is 67.7 Å². The third kappa shape index (κ3) is 6.60. The highest BCUT2D eigenvalue weighted by Gasteiger charge is 2.15. The molecule has 194 valence electrons. The zero-order chi connectivity index (χ0) is 27.5. The van der Waals surface area contributed by atoms with Gasteiger partial charge in [-0.3, -0.25) is 9.11 Å². The van der Waals surface area contributed by atoms with E-state index >= 15 is 0 Å². The van der Waals surface area contributed by atoms with Gasteiger partial charge in [0, 0.05) is 0 Å². The normalized spacial score (nSPS) is 12.4. The first kappa shape index (κ1) is 27.8. The van der Waals surface area contributed by atoms with Gasteiger partial charge >= 0.3 is 0 Å².